The molecule has 3 N–H and O–H groups in total. The fourth-order valence-electron chi connectivity index (χ4n) is 1.55. The zero-order chi connectivity index (χ0) is 10.7. The molecule has 0 aromatic heterocycles. The molecule has 0 bridgehead atoms. The highest BCUT2D eigenvalue weighted by molar-refractivity contribution is 8.00. The Bertz CT molecular complexity index is 237. The maximum Gasteiger partial charge on any atom is 0.323 e. The number of thioether (sulfide) groups is 1. The molecule has 2 unspecified atom stereocenters. The van der Waals surface area contributed by atoms with Gasteiger partial charge in [0.2, 0.25) is 0 Å². The fraction of sp³-hybridized carbons (Fsp3) is 0.750. The van der Waals surface area contributed by atoms with Gasteiger partial charge in [0.1, 0.15) is 0 Å². The summed E-state index contributed by atoms with van der Waals surface area (Å²) < 4.78 is 0. The van der Waals surface area contributed by atoms with Gasteiger partial charge in [-0.05, 0) is 0 Å². The number of hydrazine groups is 1. The lowest BCUT2D eigenvalue weighted by atomic mass is 10.3. The highest BCUT2D eigenvalue weighted by atomic mass is 32.2. The van der Waals surface area contributed by atoms with Crippen molar-refractivity contribution in [2.24, 2.45) is 5.84 Å². The van der Waals surface area contributed by atoms with E-state index >= 15 is 0 Å². The zero-order valence-electron chi connectivity index (χ0n) is 8.32. The van der Waals surface area contributed by atoms with E-state index in [2.05, 4.69) is 0 Å². The molecule has 1 rings (SSSR count). The number of carbonyl (C=O) groups excluding carboxylic acids is 2. The van der Waals surface area contributed by atoms with Gasteiger partial charge in [-0.15, -0.1) is 0 Å². The molecule has 80 valence electrons. The first kappa shape index (κ1) is 11.3. The van der Waals surface area contributed by atoms with E-state index in [0.717, 1.165) is 0 Å². The molecule has 14 heavy (non-hydrogen) atoms. The average Bonchev–Trinajstić information content (AvgIpc) is 2.14. The van der Waals surface area contributed by atoms with Crippen LogP contribution in [0.5, 0.6) is 0 Å². The fourth-order valence-corrected chi connectivity index (χ4v) is 2.87. The van der Waals surface area contributed by atoms with Crippen molar-refractivity contribution in [2.45, 2.75) is 24.3 Å². The van der Waals surface area contributed by atoms with Crippen LogP contribution < -0.4 is 11.3 Å². The molecule has 1 saturated heterocycles. The number of nitrogens with one attached hydrogen (secondary N) is 1. The predicted molar refractivity (Wildman–Crippen MR) is 55.4 cm³/mol. The topological polar surface area (TPSA) is 75.4 Å². The Morgan fingerprint density at radius 3 is 2.29 bits per heavy atom. The van der Waals surface area contributed by atoms with Crippen LogP contribution in [0.2, 0.25) is 0 Å². The molecule has 1 fully saturated rings. The summed E-state index contributed by atoms with van der Waals surface area (Å²) >= 11 is 1.82. The Labute approximate surface area is 87.4 Å². The Morgan fingerprint density at radius 2 is 1.86 bits per heavy atom. The maximum atomic E-state index is 11.4. The molecule has 0 radical (unpaired) electrons. The summed E-state index contributed by atoms with van der Waals surface area (Å²) in [5.74, 6) is 3.62. The molecule has 2 atom stereocenters. The monoisotopic (exact) mass is 217 g/mol. The number of carbonyl (C=O) groups is 2. The molecule has 0 aromatic carbocycles. The number of amides is 2. The molecule has 1 aliphatic heterocycles. The minimum atomic E-state index is -0.740. The van der Waals surface area contributed by atoms with Crippen LogP contribution in [0.25, 0.3) is 0 Å². The first-order valence-corrected chi connectivity index (χ1v) is 5.44. The molecule has 0 spiro atoms. The van der Waals surface area contributed by atoms with Crippen LogP contribution in [-0.4, -0.2) is 40.3 Å². The van der Waals surface area contributed by atoms with E-state index in [1.54, 1.807) is 4.90 Å². The van der Waals surface area contributed by atoms with Gasteiger partial charge in [0.05, 0.1) is 0 Å². The number of hydrogen-bond acceptors (Lipinski definition) is 4. The molecule has 6 heteroatoms. The third-order valence-corrected chi connectivity index (χ3v) is 3.26. The normalized spacial score (nSPS) is 27.2. The lowest BCUT2D eigenvalue weighted by Crippen LogP contribution is -2.51. The van der Waals surface area contributed by atoms with Gasteiger partial charge >= 0.3 is 11.8 Å². The molecular formula is C8H15N3O2S. The van der Waals surface area contributed by atoms with Crippen LogP contribution in [0.4, 0.5) is 0 Å². The van der Waals surface area contributed by atoms with Crippen LogP contribution in [0, 0.1) is 0 Å². The predicted octanol–water partition coefficient (Wildman–Crippen LogP) is -0.671. The van der Waals surface area contributed by atoms with Crippen molar-refractivity contribution in [3.8, 4) is 0 Å². The summed E-state index contributed by atoms with van der Waals surface area (Å²) in [5.41, 5.74) is 1.85. The summed E-state index contributed by atoms with van der Waals surface area (Å²) in [5, 5.41) is 0.738. The van der Waals surface area contributed by atoms with Gasteiger partial charge in [-0.3, -0.25) is 15.0 Å². The Kier molecular flexibility index (Phi) is 3.77. The number of rotatable bonds is 0. The van der Waals surface area contributed by atoms with Gasteiger partial charge in [-0.1, -0.05) is 13.8 Å². The van der Waals surface area contributed by atoms with Crippen molar-refractivity contribution in [3.05, 3.63) is 0 Å². The van der Waals surface area contributed by atoms with Crippen LogP contribution in [0.1, 0.15) is 13.8 Å². The van der Waals surface area contributed by atoms with Crippen LogP contribution >= 0.6 is 11.8 Å². The molecule has 5 nitrogen and oxygen atoms in total. The van der Waals surface area contributed by atoms with Gasteiger partial charge in [-0.2, -0.15) is 11.8 Å². The van der Waals surface area contributed by atoms with Crippen molar-refractivity contribution >= 4 is 23.6 Å². The minimum Gasteiger partial charge on any atom is -0.332 e. The van der Waals surface area contributed by atoms with Crippen molar-refractivity contribution in [1.29, 1.82) is 0 Å². The second-order valence-electron chi connectivity index (χ2n) is 3.44. The van der Waals surface area contributed by atoms with E-state index in [-0.39, 0.29) is 0 Å². The number of nitrogens with zero attached hydrogens (tertiary/aromatic N) is 1. The van der Waals surface area contributed by atoms with Crippen molar-refractivity contribution in [3.63, 3.8) is 0 Å². The van der Waals surface area contributed by atoms with Gasteiger partial charge in [-0.25, -0.2) is 5.84 Å². The van der Waals surface area contributed by atoms with Crippen LogP contribution in [-0.2, 0) is 9.59 Å². The standard InChI is InChI=1S/C8H15N3O2S/c1-5-3-11(4-6(2)14-5)8(13)7(12)10-9/h5-6H,3-4,9H2,1-2H3,(H,10,12). The lowest BCUT2D eigenvalue weighted by Gasteiger charge is -2.33. The molecule has 1 aliphatic rings. The van der Waals surface area contributed by atoms with Gasteiger partial charge < -0.3 is 4.90 Å². The first-order valence-electron chi connectivity index (χ1n) is 4.50. The van der Waals surface area contributed by atoms with Gasteiger partial charge in [0, 0.05) is 23.6 Å². The highest BCUT2D eigenvalue weighted by Crippen LogP contribution is 2.24. The first-order chi connectivity index (χ1) is 6.54. The van der Waals surface area contributed by atoms with Gasteiger partial charge in [0.25, 0.3) is 0 Å². The van der Waals surface area contributed by atoms with Crippen LogP contribution in [0.3, 0.4) is 0 Å². The van der Waals surface area contributed by atoms with Gasteiger partial charge in [0.15, 0.2) is 0 Å². The van der Waals surface area contributed by atoms with Crippen molar-refractivity contribution in [1.82, 2.24) is 10.3 Å². The van der Waals surface area contributed by atoms with Crippen molar-refractivity contribution in [2.75, 3.05) is 13.1 Å². The summed E-state index contributed by atoms with van der Waals surface area (Å²) in [4.78, 5) is 24.0. The average molecular weight is 217 g/mol. The van der Waals surface area contributed by atoms with E-state index in [1.165, 1.54) is 0 Å². The molecule has 0 saturated carbocycles. The number of nitrogens with two attached hydrogens (primary N) is 1. The van der Waals surface area contributed by atoms with E-state index < -0.39 is 11.8 Å². The van der Waals surface area contributed by atoms with E-state index in [1.807, 2.05) is 31.0 Å². The Balaban J connectivity index is 2.59. The van der Waals surface area contributed by atoms with E-state index in [9.17, 15) is 9.59 Å². The SMILES string of the molecule is CC1CN(C(=O)C(=O)NN)CC(C)S1. The van der Waals surface area contributed by atoms with Crippen LogP contribution in [0.15, 0.2) is 0 Å². The number of hydrogen-bond donors (Lipinski definition) is 2. The smallest absolute Gasteiger partial charge is 0.323 e. The second-order valence-corrected chi connectivity index (χ2v) is 5.32. The molecule has 1 heterocycles. The molecule has 0 aromatic rings. The molecule has 0 aliphatic carbocycles. The molecular weight excluding hydrogens is 202 g/mol. The van der Waals surface area contributed by atoms with E-state index in [4.69, 9.17) is 5.84 Å². The summed E-state index contributed by atoms with van der Waals surface area (Å²) in [6.07, 6.45) is 0. The quantitative estimate of drug-likeness (QED) is 0.244. The summed E-state index contributed by atoms with van der Waals surface area (Å²) in [7, 11) is 0. The lowest BCUT2D eigenvalue weighted by molar-refractivity contribution is -0.146. The van der Waals surface area contributed by atoms with Crippen molar-refractivity contribution < 1.29 is 9.59 Å². The third kappa shape index (κ3) is 2.62. The largest absolute Gasteiger partial charge is 0.332 e. The molecule has 2 amide bonds. The zero-order valence-corrected chi connectivity index (χ0v) is 9.13. The third-order valence-electron chi connectivity index (χ3n) is 2.03. The van der Waals surface area contributed by atoms with E-state index in [0.29, 0.717) is 23.6 Å². The minimum absolute atomic E-state index is 0.369. The maximum absolute atomic E-state index is 11.4. The Hall–Kier alpha value is -0.750. The summed E-state index contributed by atoms with van der Waals surface area (Å²) in [6.45, 7) is 5.31. The highest BCUT2D eigenvalue weighted by Gasteiger charge is 2.28. The summed E-state index contributed by atoms with van der Waals surface area (Å²) in [6, 6.07) is 0. The second kappa shape index (κ2) is 4.65. The Morgan fingerprint density at radius 1 is 1.36 bits per heavy atom.